The first kappa shape index (κ1) is 21.9. The van der Waals surface area contributed by atoms with Crippen LogP contribution in [-0.4, -0.2) is 33.6 Å². The molecule has 32 heavy (non-hydrogen) atoms. The number of benzene rings is 2. The van der Waals surface area contributed by atoms with Gasteiger partial charge in [-0.15, -0.1) is 0 Å². The molecule has 1 N–H and O–H groups in total. The first-order valence-corrected chi connectivity index (χ1v) is 11.1. The van der Waals surface area contributed by atoms with Gasteiger partial charge in [-0.05, 0) is 67.1 Å². The van der Waals surface area contributed by atoms with E-state index in [0.29, 0.717) is 19.7 Å². The Bertz CT molecular complexity index is 1020. The SMILES string of the molecule is CCOc1ccc(CN(CCCn2ccnc2)C(=O)NC2CCc3ccc(F)cc32)cc1. The van der Waals surface area contributed by atoms with Gasteiger partial charge in [-0.1, -0.05) is 18.2 Å². The molecule has 0 saturated heterocycles. The zero-order chi connectivity index (χ0) is 22.3. The molecule has 1 aliphatic rings. The molecule has 1 unspecified atom stereocenters. The molecule has 1 aromatic heterocycles. The molecule has 1 aliphatic carbocycles. The largest absolute Gasteiger partial charge is 0.494 e. The molecule has 0 bridgehead atoms. The minimum atomic E-state index is -0.267. The number of imidazole rings is 1. The van der Waals surface area contributed by atoms with Gasteiger partial charge in [0.05, 0.1) is 19.0 Å². The van der Waals surface area contributed by atoms with E-state index in [2.05, 4.69) is 10.3 Å². The number of hydrogen-bond donors (Lipinski definition) is 1. The van der Waals surface area contributed by atoms with E-state index in [1.807, 2.05) is 52.9 Å². The Labute approximate surface area is 188 Å². The minimum Gasteiger partial charge on any atom is -0.494 e. The number of nitrogens with zero attached hydrogens (tertiary/aromatic N) is 3. The van der Waals surface area contributed by atoms with Gasteiger partial charge in [0.15, 0.2) is 0 Å². The molecule has 0 radical (unpaired) electrons. The highest BCUT2D eigenvalue weighted by atomic mass is 19.1. The summed E-state index contributed by atoms with van der Waals surface area (Å²) in [6.07, 6.45) is 7.88. The summed E-state index contributed by atoms with van der Waals surface area (Å²) in [6.45, 7) is 4.44. The van der Waals surface area contributed by atoms with Gasteiger partial charge in [0.2, 0.25) is 0 Å². The molecular weight excluding hydrogens is 407 g/mol. The third-order valence-corrected chi connectivity index (χ3v) is 5.78. The maximum atomic E-state index is 13.8. The Balaban J connectivity index is 1.43. The Kier molecular flexibility index (Phi) is 7.04. The normalized spacial score (nSPS) is 14.8. The number of halogens is 1. The minimum absolute atomic E-state index is 0.133. The molecule has 168 valence electrons. The first-order chi connectivity index (χ1) is 15.6. The van der Waals surface area contributed by atoms with E-state index in [9.17, 15) is 9.18 Å². The molecule has 3 aromatic rings. The van der Waals surface area contributed by atoms with E-state index in [0.717, 1.165) is 48.2 Å². The second-order valence-corrected chi connectivity index (χ2v) is 8.04. The highest BCUT2D eigenvalue weighted by Gasteiger charge is 2.26. The fourth-order valence-corrected chi connectivity index (χ4v) is 4.16. The molecule has 2 aromatic carbocycles. The number of carbonyl (C=O) groups is 1. The van der Waals surface area contributed by atoms with Crippen LogP contribution < -0.4 is 10.1 Å². The van der Waals surface area contributed by atoms with Gasteiger partial charge in [-0.25, -0.2) is 14.2 Å². The number of nitrogens with one attached hydrogen (secondary N) is 1. The topological polar surface area (TPSA) is 59.4 Å². The number of hydrogen-bond acceptors (Lipinski definition) is 3. The highest BCUT2D eigenvalue weighted by Crippen LogP contribution is 2.31. The van der Waals surface area contributed by atoms with Crippen LogP contribution in [-0.2, 0) is 19.5 Å². The molecule has 1 heterocycles. The molecule has 0 spiro atoms. The van der Waals surface area contributed by atoms with Crippen LogP contribution in [0.25, 0.3) is 0 Å². The summed E-state index contributed by atoms with van der Waals surface area (Å²) < 4.78 is 21.3. The number of urea groups is 1. The lowest BCUT2D eigenvalue weighted by Crippen LogP contribution is -2.41. The lowest BCUT2D eigenvalue weighted by Gasteiger charge is -2.26. The summed E-state index contributed by atoms with van der Waals surface area (Å²) in [7, 11) is 0. The molecule has 0 fully saturated rings. The molecule has 7 heteroatoms. The summed E-state index contributed by atoms with van der Waals surface area (Å²) in [5.74, 6) is 0.549. The van der Waals surface area contributed by atoms with Crippen LogP contribution in [0.4, 0.5) is 9.18 Å². The molecule has 1 atom stereocenters. The van der Waals surface area contributed by atoms with Crippen molar-refractivity contribution in [2.24, 2.45) is 0 Å². The van der Waals surface area contributed by atoms with E-state index < -0.39 is 0 Å². The van der Waals surface area contributed by atoms with Crippen molar-refractivity contribution in [3.05, 3.63) is 83.7 Å². The Hall–Kier alpha value is -3.35. The summed E-state index contributed by atoms with van der Waals surface area (Å²) in [4.78, 5) is 19.1. The van der Waals surface area contributed by atoms with Crippen LogP contribution in [0.1, 0.15) is 42.5 Å². The molecular formula is C25H29FN4O2. The number of carbonyl (C=O) groups excluding carboxylic acids is 1. The van der Waals surface area contributed by atoms with Crippen molar-refractivity contribution in [1.82, 2.24) is 19.8 Å². The fraction of sp³-hybridized carbons (Fsp3) is 0.360. The summed E-state index contributed by atoms with van der Waals surface area (Å²) in [5.41, 5.74) is 3.02. The Morgan fingerprint density at radius 3 is 2.88 bits per heavy atom. The third-order valence-electron chi connectivity index (χ3n) is 5.78. The van der Waals surface area contributed by atoms with Crippen LogP contribution >= 0.6 is 0 Å². The molecule has 4 rings (SSSR count). The van der Waals surface area contributed by atoms with E-state index in [-0.39, 0.29) is 17.9 Å². The lowest BCUT2D eigenvalue weighted by atomic mass is 10.1. The molecule has 2 amide bonds. The number of amides is 2. The van der Waals surface area contributed by atoms with Gasteiger partial charge < -0.3 is 19.5 Å². The number of aryl methyl sites for hydroxylation is 2. The highest BCUT2D eigenvalue weighted by molar-refractivity contribution is 5.75. The van der Waals surface area contributed by atoms with Crippen LogP contribution in [0.5, 0.6) is 5.75 Å². The monoisotopic (exact) mass is 436 g/mol. The van der Waals surface area contributed by atoms with Gasteiger partial charge in [-0.3, -0.25) is 0 Å². The third kappa shape index (κ3) is 5.46. The summed E-state index contributed by atoms with van der Waals surface area (Å²) in [5, 5.41) is 3.13. The van der Waals surface area contributed by atoms with Crippen molar-refractivity contribution in [3.8, 4) is 5.75 Å². The zero-order valence-corrected chi connectivity index (χ0v) is 18.3. The van der Waals surface area contributed by atoms with E-state index >= 15 is 0 Å². The van der Waals surface area contributed by atoms with Crippen LogP contribution in [0, 0.1) is 5.82 Å². The van der Waals surface area contributed by atoms with Gasteiger partial charge in [0.1, 0.15) is 11.6 Å². The van der Waals surface area contributed by atoms with Crippen molar-refractivity contribution < 1.29 is 13.9 Å². The average molecular weight is 437 g/mol. The Morgan fingerprint density at radius 1 is 1.28 bits per heavy atom. The van der Waals surface area contributed by atoms with Gasteiger partial charge in [0.25, 0.3) is 0 Å². The van der Waals surface area contributed by atoms with E-state index in [4.69, 9.17) is 4.74 Å². The van der Waals surface area contributed by atoms with Crippen LogP contribution in [0.15, 0.2) is 61.2 Å². The maximum absolute atomic E-state index is 13.8. The summed E-state index contributed by atoms with van der Waals surface area (Å²) in [6, 6.07) is 12.4. The number of ether oxygens (including phenoxy) is 1. The predicted molar refractivity (Wildman–Crippen MR) is 121 cm³/mol. The van der Waals surface area contributed by atoms with Crippen molar-refractivity contribution in [1.29, 1.82) is 0 Å². The Morgan fingerprint density at radius 2 is 2.12 bits per heavy atom. The second-order valence-electron chi connectivity index (χ2n) is 8.04. The first-order valence-electron chi connectivity index (χ1n) is 11.1. The quantitative estimate of drug-likeness (QED) is 0.529. The number of aromatic nitrogens is 2. The molecule has 0 aliphatic heterocycles. The van der Waals surface area contributed by atoms with E-state index in [1.54, 1.807) is 18.6 Å². The smallest absolute Gasteiger partial charge is 0.318 e. The van der Waals surface area contributed by atoms with Gasteiger partial charge in [-0.2, -0.15) is 0 Å². The van der Waals surface area contributed by atoms with Crippen molar-refractivity contribution in [2.75, 3.05) is 13.2 Å². The molecule has 0 saturated carbocycles. The van der Waals surface area contributed by atoms with Crippen LogP contribution in [0.3, 0.4) is 0 Å². The van der Waals surface area contributed by atoms with Gasteiger partial charge >= 0.3 is 6.03 Å². The van der Waals surface area contributed by atoms with E-state index in [1.165, 1.54) is 6.07 Å². The zero-order valence-electron chi connectivity index (χ0n) is 18.3. The van der Waals surface area contributed by atoms with Crippen molar-refractivity contribution >= 4 is 6.03 Å². The van der Waals surface area contributed by atoms with Crippen molar-refractivity contribution in [3.63, 3.8) is 0 Å². The fourth-order valence-electron chi connectivity index (χ4n) is 4.16. The van der Waals surface area contributed by atoms with Crippen molar-refractivity contribution in [2.45, 2.75) is 45.3 Å². The maximum Gasteiger partial charge on any atom is 0.318 e. The predicted octanol–water partition coefficient (Wildman–Crippen LogP) is 4.71. The lowest BCUT2D eigenvalue weighted by molar-refractivity contribution is 0.189. The number of rotatable bonds is 9. The average Bonchev–Trinajstić information content (AvgIpc) is 3.45. The molecule has 6 nitrogen and oxygen atoms in total. The van der Waals surface area contributed by atoms with Crippen LogP contribution in [0.2, 0.25) is 0 Å². The standard InChI is InChI=1S/C25H29FN4O2/c1-2-32-22-9-4-19(5-10-22)17-30(14-3-13-29-15-12-27-18-29)25(31)28-24-11-7-20-6-8-21(26)16-23(20)24/h4-6,8-10,12,15-16,18,24H,2-3,7,11,13-14,17H2,1H3,(H,28,31). The van der Waals surface area contributed by atoms with Gasteiger partial charge in [0, 0.05) is 32.0 Å². The number of fused-ring (bicyclic) bond motifs is 1. The second kappa shape index (κ2) is 10.3. The summed E-state index contributed by atoms with van der Waals surface area (Å²) >= 11 is 0.